The molecule has 27 heavy (non-hydrogen) atoms. The van der Waals surface area contributed by atoms with Crippen molar-refractivity contribution in [2.45, 2.75) is 45.8 Å². The zero-order valence-electron chi connectivity index (χ0n) is 16.3. The van der Waals surface area contributed by atoms with E-state index in [9.17, 15) is 9.18 Å². The third kappa shape index (κ3) is 4.04. The van der Waals surface area contributed by atoms with Gasteiger partial charge in [-0.2, -0.15) is 0 Å². The molecule has 1 amide bonds. The number of carbonyl (C=O) groups is 1. The van der Waals surface area contributed by atoms with Gasteiger partial charge in [0.2, 0.25) is 5.91 Å². The molecule has 1 aliphatic rings. The van der Waals surface area contributed by atoms with Crippen molar-refractivity contribution in [2.75, 3.05) is 6.54 Å². The molecule has 1 aliphatic heterocycles. The molecule has 0 bridgehead atoms. The van der Waals surface area contributed by atoms with E-state index in [0.717, 1.165) is 5.39 Å². The molecule has 0 atom stereocenters. The van der Waals surface area contributed by atoms with Crippen LogP contribution in [0.4, 0.5) is 4.39 Å². The van der Waals surface area contributed by atoms with Gasteiger partial charge in [0.1, 0.15) is 5.82 Å². The van der Waals surface area contributed by atoms with Crippen LogP contribution in [0.2, 0.25) is 0 Å². The summed E-state index contributed by atoms with van der Waals surface area (Å²) < 4.78 is 26.8. The van der Waals surface area contributed by atoms with Crippen LogP contribution in [0.3, 0.4) is 0 Å². The van der Waals surface area contributed by atoms with Gasteiger partial charge in [-0.15, -0.1) is 0 Å². The van der Waals surface area contributed by atoms with E-state index < -0.39 is 24.1 Å². The minimum atomic E-state index is -0.675. The summed E-state index contributed by atoms with van der Waals surface area (Å²) in [5, 5.41) is 3.58. The highest BCUT2D eigenvalue weighted by Crippen LogP contribution is 2.38. The summed E-state index contributed by atoms with van der Waals surface area (Å²) >= 11 is 0. The average molecular weight is 370 g/mol. The van der Waals surface area contributed by atoms with Gasteiger partial charge >= 0.3 is 7.12 Å². The second-order valence-electron chi connectivity index (χ2n) is 7.79. The maximum Gasteiger partial charge on any atom is 0.492 e. The standard InChI is InChI=1S/C20H24BFN2O3/c1-13(25)24-12-16(21-26-19(2,3)20(4,5)27-21)10-15-9-14-7-6-8-23-18(14)11-17(15)22/h6-11H,12H2,1-5H3,(H,24,25). The van der Waals surface area contributed by atoms with Gasteiger partial charge in [0.25, 0.3) is 0 Å². The van der Waals surface area contributed by atoms with Crippen molar-refractivity contribution < 1.29 is 18.5 Å². The number of nitrogens with one attached hydrogen (secondary N) is 1. The number of benzene rings is 1. The van der Waals surface area contributed by atoms with Crippen LogP contribution in [0.15, 0.2) is 35.9 Å². The van der Waals surface area contributed by atoms with Crippen molar-refractivity contribution in [2.24, 2.45) is 0 Å². The number of pyridine rings is 1. The Morgan fingerprint density at radius 2 is 1.93 bits per heavy atom. The van der Waals surface area contributed by atoms with E-state index in [0.29, 0.717) is 16.6 Å². The Balaban J connectivity index is 2.01. The zero-order valence-corrected chi connectivity index (χ0v) is 16.3. The molecule has 0 aliphatic carbocycles. The number of nitrogens with zero attached hydrogens (tertiary/aromatic N) is 1. The average Bonchev–Trinajstić information content (AvgIpc) is 2.79. The molecule has 1 saturated heterocycles. The topological polar surface area (TPSA) is 60.5 Å². The first-order valence-corrected chi connectivity index (χ1v) is 8.94. The lowest BCUT2D eigenvalue weighted by atomic mass is 9.77. The van der Waals surface area contributed by atoms with Gasteiger partial charge in [0.05, 0.1) is 16.7 Å². The van der Waals surface area contributed by atoms with Crippen molar-refractivity contribution in [1.29, 1.82) is 0 Å². The molecule has 2 heterocycles. The number of aromatic nitrogens is 1. The van der Waals surface area contributed by atoms with E-state index in [1.165, 1.54) is 13.0 Å². The Morgan fingerprint density at radius 3 is 2.56 bits per heavy atom. The Labute approximate surface area is 159 Å². The molecular formula is C20H24BFN2O3. The fourth-order valence-electron chi connectivity index (χ4n) is 2.85. The van der Waals surface area contributed by atoms with Crippen LogP contribution in [-0.2, 0) is 14.1 Å². The van der Waals surface area contributed by atoms with Crippen LogP contribution in [0.5, 0.6) is 0 Å². The van der Waals surface area contributed by atoms with Crippen molar-refractivity contribution in [3.05, 3.63) is 47.3 Å². The van der Waals surface area contributed by atoms with E-state index >= 15 is 0 Å². The third-order valence-electron chi connectivity index (χ3n) is 5.16. The summed E-state index contributed by atoms with van der Waals surface area (Å²) in [6, 6.07) is 6.82. The van der Waals surface area contributed by atoms with E-state index in [4.69, 9.17) is 9.31 Å². The summed E-state index contributed by atoms with van der Waals surface area (Å²) in [5.41, 5.74) is 0.570. The van der Waals surface area contributed by atoms with E-state index in [1.807, 2.05) is 33.8 Å². The van der Waals surface area contributed by atoms with Gasteiger partial charge in [-0.3, -0.25) is 9.78 Å². The fourth-order valence-corrected chi connectivity index (χ4v) is 2.85. The maximum atomic E-state index is 14.6. The molecular weight excluding hydrogens is 346 g/mol. The molecule has 0 unspecified atom stereocenters. The molecule has 3 rings (SSSR count). The van der Waals surface area contributed by atoms with Crippen LogP contribution in [0, 0.1) is 5.82 Å². The largest absolute Gasteiger partial charge is 0.492 e. The van der Waals surface area contributed by atoms with Gasteiger partial charge in [-0.1, -0.05) is 12.1 Å². The molecule has 7 heteroatoms. The SMILES string of the molecule is CC(=O)NCC(=Cc1cc2cccnc2cc1F)B1OC(C)(C)C(C)(C)O1. The number of carbonyl (C=O) groups excluding carboxylic acids is 1. The van der Waals surface area contributed by atoms with Crippen LogP contribution in [0.25, 0.3) is 17.0 Å². The first-order valence-electron chi connectivity index (χ1n) is 8.94. The molecule has 142 valence electrons. The zero-order chi connectivity index (χ0) is 19.8. The summed E-state index contributed by atoms with van der Waals surface area (Å²) in [4.78, 5) is 15.6. The highest BCUT2D eigenvalue weighted by atomic mass is 19.1. The predicted molar refractivity (Wildman–Crippen MR) is 104 cm³/mol. The molecule has 0 saturated carbocycles. The van der Waals surface area contributed by atoms with Gasteiger partial charge in [-0.05, 0) is 45.3 Å². The van der Waals surface area contributed by atoms with Crippen LogP contribution >= 0.6 is 0 Å². The van der Waals surface area contributed by atoms with E-state index in [-0.39, 0.29) is 12.5 Å². The first kappa shape index (κ1) is 19.5. The lowest BCUT2D eigenvalue weighted by Crippen LogP contribution is -2.41. The van der Waals surface area contributed by atoms with E-state index in [1.54, 1.807) is 24.4 Å². The molecule has 0 radical (unpaired) electrons. The van der Waals surface area contributed by atoms with Crippen LogP contribution < -0.4 is 5.32 Å². The number of rotatable bonds is 4. The molecule has 2 aromatic rings. The smallest absolute Gasteiger partial charge is 0.400 e. The Kier molecular flexibility index (Phi) is 5.10. The highest BCUT2D eigenvalue weighted by molar-refractivity contribution is 6.56. The van der Waals surface area contributed by atoms with Crippen molar-refractivity contribution in [3.8, 4) is 0 Å². The Hall–Kier alpha value is -2.25. The van der Waals surface area contributed by atoms with Crippen LogP contribution in [0.1, 0.15) is 40.2 Å². The monoisotopic (exact) mass is 370 g/mol. The summed E-state index contributed by atoms with van der Waals surface area (Å²) in [6.45, 7) is 9.44. The molecule has 1 fully saturated rings. The molecule has 1 aromatic heterocycles. The van der Waals surface area contributed by atoms with Gasteiger partial charge < -0.3 is 14.6 Å². The second-order valence-corrected chi connectivity index (χ2v) is 7.79. The van der Waals surface area contributed by atoms with E-state index in [2.05, 4.69) is 10.3 Å². The summed E-state index contributed by atoms with van der Waals surface area (Å²) in [7, 11) is -0.675. The number of hydrogen-bond acceptors (Lipinski definition) is 4. The normalized spacial score (nSPS) is 18.7. The molecule has 1 N–H and O–H groups in total. The van der Waals surface area contributed by atoms with Crippen molar-refractivity contribution >= 4 is 30.0 Å². The lowest BCUT2D eigenvalue weighted by Gasteiger charge is -2.32. The highest BCUT2D eigenvalue weighted by Gasteiger charge is 2.52. The third-order valence-corrected chi connectivity index (χ3v) is 5.16. The Bertz CT molecular complexity index is 895. The first-order chi connectivity index (χ1) is 12.6. The minimum absolute atomic E-state index is 0.180. The lowest BCUT2D eigenvalue weighted by molar-refractivity contribution is -0.118. The molecule has 0 spiro atoms. The fraction of sp³-hybridized carbons (Fsp3) is 0.400. The number of amides is 1. The van der Waals surface area contributed by atoms with Crippen molar-refractivity contribution in [3.63, 3.8) is 0 Å². The van der Waals surface area contributed by atoms with Gasteiger partial charge in [0.15, 0.2) is 0 Å². The molecule has 5 nitrogen and oxygen atoms in total. The number of fused-ring (bicyclic) bond motifs is 1. The van der Waals surface area contributed by atoms with Gasteiger partial charge in [0, 0.05) is 36.7 Å². The van der Waals surface area contributed by atoms with Crippen molar-refractivity contribution in [1.82, 2.24) is 10.3 Å². The van der Waals surface area contributed by atoms with Crippen LogP contribution in [-0.4, -0.2) is 35.8 Å². The number of halogens is 1. The minimum Gasteiger partial charge on any atom is -0.400 e. The number of hydrogen-bond donors (Lipinski definition) is 1. The predicted octanol–water partition coefficient (Wildman–Crippen LogP) is 3.52. The second kappa shape index (κ2) is 7.05. The summed E-state index contributed by atoms with van der Waals surface area (Å²) in [5.74, 6) is -0.571. The molecule has 1 aromatic carbocycles. The Morgan fingerprint density at radius 1 is 1.26 bits per heavy atom. The quantitative estimate of drug-likeness (QED) is 0.837. The maximum absolute atomic E-state index is 14.6. The van der Waals surface area contributed by atoms with Gasteiger partial charge in [-0.25, -0.2) is 4.39 Å². The summed E-state index contributed by atoms with van der Waals surface area (Å²) in [6.07, 6.45) is 3.31.